The molecule has 0 aliphatic heterocycles. The Balaban J connectivity index is 1.50. The molecular weight excluding hydrogens is 264 g/mol. The molecule has 1 fully saturated rings. The SMILES string of the molecule is O=C(CC1CC(F)(F)C1)NCCOCc1ccccc1. The van der Waals surface area contributed by atoms with Crippen molar-refractivity contribution < 1.29 is 18.3 Å². The summed E-state index contributed by atoms with van der Waals surface area (Å²) in [7, 11) is 0. The van der Waals surface area contributed by atoms with Crippen LogP contribution in [0.25, 0.3) is 0 Å². The van der Waals surface area contributed by atoms with Gasteiger partial charge in [-0.25, -0.2) is 8.78 Å². The van der Waals surface area contributed by atoms with Crippen LogP contribution in [0.4, 0.5) is 8.78 Å². The number of carbonyl (C=O) groups excluding carboxylic acids is 1. The average Bonchev–Trinajstić information content (AvgIpc) is 2.37. The van der Waals surface area contributed by atoms with E-state index in [1.54, 1.807) is 0 Å². The topological polar surface area (TPSA) is 38.3 Å². The van der Waals surface area contributed by atoms with Gasteiger partial charge >= 0.3 is 0 Å². The molecule has 1 amide bonds. The maximum atomic E-state index is 12.6. The van der Waals surface area contributed by atoms with E-state index in [0.29, 0.717) is 19.8 Å². The number of ether oxygens (including phenoxy) is 1. The molecule has 3 nitrogen and oxygen atoms in total. The Kier molecular flexibility index (Phi) is 5.06. The van der Waals surface area contributed by atoms with Gasteiger partial charge in [-0.3, -0.25) is 4.79 Å². The minimum atomic E-state index is -2.55. The van der Waals surface area contributed by atoms with Crippen molar-refractivity contribution in [2.24, 2.45) is 5.92 Å². The second-order valence-electron chi connectivity index (χ2n) is 5.22. The zero-order chi connectivity index (χ0) is 14.4. The third-order valence-electron chi connectivity index (χ3n) is 3.33. The van der Waals surface area contributed by atoms with Crippen molar-refractivity contribution in [2.75, 3.05) is 13.2 Å². The molecule has 1 aliphatic carbocycles. The monoisotopic (exact) mass is 283 g/mol. The Labute approximate surface area is 117 Å². The number of nitrogens with one attached hydrogen (secondary N) is 1. The van der Waals surface area contributed by atoms with Gasteiger partial charge in [0, 0.05) is 25.8 Å². The lowest BCUT2D eigenvalue weighted by Crippen LogP contribution is -2.39. The summed E-state index contributed by atoms with van der Waals surface area (Å²) in [5.74, 6) is -2.90. The number of hydrogen-bond donors (Lipinski definition) is 1. The molecule has 2 rings (SSSR count). The maximum absolute atomic E-state index is 12.6. The predicted octanol–water partition coefficient (Wildman–Crippen LogP) is 2.75. The Morgan fingerprint density at radius 1 is 1.30 bits per heavy atom. The van der Waals surface area contributed by atoms with Crippen LogP contribution in [0.5, 0.6) is 0 Å². The zero-order valence-electron chi connectivity index (χ0n) is 11.3. The fourth-order valence-corrected chi connectivity index (χ4v) is 2.29. The number of rotatable bonds is 7. The standard InChI is InChI=1S/C15H19F2NO2/c16-15(17)9-13(10-15)8-14(19)18-6-7-20-11-12-4-2-1-3-5-12/h1-5,13H,6-11H2,(H,18,19). The van der Waals surface area contributed by atoms with Gasteiger partial charge in [0.1, 0.15) is 0 Å². The molecule has 5 heteroatoms. The number of benzene rings is 1. The van der Waals surface area contributed by atoms with E-state index in [-0.39, 0.29) is 31.1 Å². The summed E-state index contributed by atoms with van der Waals surface area (Å²) in [5.41, 5.74) is 1.08. The molecule has 0 atom stereocenters. The Bertz CT molecular complexity index is 429. The molecule has 110 valence electrons. The van der Waals surface area contributed by atoms with Gasteiger partial charge < -0.3 is 10.1 Å². The molecule has 20 heavy (non-hydrogen) atoms. The predicted molar refractivity (Wildman–Crippen MR) is 71.4 cm³/mol. The van der Waals surface area contributed by atoms with Crippen LogP contribution in [-0.4, -0.2) is 25.0 Å². The minimum Gasteiger partial charge on any atom is -0.375 e. The summed E-state index contributed by atoms with van der Waals surface area (Å²) in [6.07, 6.45) is -0.135. The van der Waals surface area contributed by atoms with E-state index in [2.05, 4.69) is 5.32 Å². The molecule has 0 radical (unpaired) electrons. The molecule has 0 spiro atoms. The summed E-state index contributed by atoms with van der Waals surface area (Å²) >= 11 is 0. The molecular formula is C15H19F2NO2. The van der Waals surface area contributed by atoms with Gasteiger partial charge in [-0.15, -0.1) is 0 Å². The highest BCUT2D eigenvalue weighted by Gasteiger charge is 2.45. The number of alkyl halides is 2. The molecule has 0 unspecified atom stereocenters. The third kappa shape index (κ3) is 4.89. The van der Waals surface area contributed by atoms with Crippen molar-refractivity contribution in [3.8, 4) is 0 Å². The van der Waals surface area contributed by atoms with Crippen molar-refractivity contribution >= 4 is 5.91 Å². The highest BCUT2D eigenvalue weighted by atomic mass is 19.3. The first-order chi connectivity index (χ1) is 9.55. The van der Waals surface area contributed by atoms with Gasteiger partial charge in [0.05, 0.1) is 13.2 Å². The summed E-state index contributed by atoms with van der Waals surface area (Å²) in [5, 5.41) is 2.69. The van der Waals surface area contributed by atoms with E-state index < -0.39 is 5.92 Å². The second kappa shape index (κ2) is 6.79. The largest absolute Gasteiger partial charge is 0.375 e. The average molecular weight is 283 g/mol. The molecule has 1 N–H and O–H groups in total. The van der Waals surface area contributed by atoms with Crippen LogP contribution in [0.1, 0.15) is 24.8 Å². The van der Waals surface area contributed by atoms with E-state index in [9.17, 15) is 13.6 Å². The van der Waals surface area contributed by atoms with Crippen LogP contribution in [-0.2, 0) is 16.1 Å². The zero-order valence-corrected chi connectivity index (χ0v) is 11.3. The van der Waals surface area contributed by atoms with Gasteiger partial charge in [0.2, 0.25) is 11.8 Å². The second-order valence-corrected chi connectivity index (χ2v) is 5.22. The highest BCUT2D eigenvalue weighted by Crippen LogP contribution is 2.43. The number of hydrogen-bond acceptors (Lipinski definition) is 2. The minimum absolute atomic E-state index is 0.162. The lowest BCUT2D eigenvalue weighted by molar-refractivity contribution is -0.133. The molecule has 1 aromatic carbocycles. The van der Waals surface area contributed by atoms with Crippen LogP contribution in [0.2, 0.25) is 0 Å². The molecule has 0 saturated heterocycles. The Morgan fingerprint density at radius 2 is 2.00 bits per heavy atom. The van der Waals surface area contributed by atoms with E-state index in [1.807, 2.05) is 30.3 Å². The summed E-state index contributed by atoms with van der Waals surface area (Å²) in [4.78, 5) is 11.5. The maximum Gasteiger partial charge on any atom is 0.248 e. The summed E-state index contributed by atoms with van der Waals surface area (Å²) < 4.78 is 30.6. The number of amides is 1. The summed E-state index contributed by atoms with van der Waals surface area (Å²) in [6, 6.07) is 9.75. The van der Waals surface area contributed by atoms with Crippen molar-refractivity contribution in [1.82, 2.24) is 5.32 Å². The molecule has 1 aliphatic rings. The van der Waals surface area contributed by atoms with Crippen LogP contribution >= 0.6 is 0 Å². The normalized spacial score (nSPS) is 17.5. The van der Waals surface area contributed by atoms with E-state index in [0.717, 1.165) is 5.56 Å². The lowest BCUT2D eigenvalue weighted by atomic mass is 9.79. The van der Waals surface area contributed by atoms with Crippen LogP contribution in [0, 0.1) is 5.92 Å². The molecule has 1 saturated carbocycles. The van der Waals surface area contributed by atoms with Crippen molar-refractivity contribution in [3.05, 3.63) is 35.9 Å². The third-order valence-corrected chi connectivity index (χ3v) is 3.33. The molecule has 1 aromatic rings. The van der Waals surface area contributed by atoms with Crippen molar-refractivity contribution in [2.45, 2.75) is 31.8 Å². The molecule has 0 heterocycles. The molecule has 0 aromatic heterocycles. The molecule has 0 bridgehead atoms. The fourth-order valence-electron chi connectivity index (χ4n) is 2.29. The van der Waals surface area contributed by atoms with Crippen LogP contribution in [0.15, 0.2) is 30.3 Å². The first kappa shape index (κ1) is 14.9. The fraction of sp³-hybridized carbons (Fsp3) is 0.533. The first-order valence-corrected chi connectivity index (χ1v) is 6.81. The smallest absolute Gasteiger partial charge is 0.248 e. The van der Waals surface area contributed by atoms with E-state index >= 15 is 0 Å². The Hall–Kier alpha value is -1.49. The Morgan fingerprint density at radius 3 is 2.65 bits per heavy atom. The first-order valence-electron chi connectivity index (χ1n) is 6.81. The van der Waals surface area contributed by atoms with Gasteiger partial charge in [-0.05, 0) is 11.5 Å². The number of carbonyl (C=O) groups is 1. The van der Waals surface area contributed by atoms with Crippen LogP contribution in [0.3, 0.4) is 0 Å². The highest BCUT2D eigenvalue weighted by molar-refractivity contribution is 5.76. The summed E-state index contributed by atoms with van der Waals surface area (Å²) in [6.45, 7) is 1.34. The lowest BCUT2D eigenvalue weighted by Gasteiger charge is -2.34. The van der Waals surface area contributed by atoms with Gasteiger partial charge in [-0.1, -0.05) is 30.3 Å². The van der Waals surface area contributed by atoms with Crippen molar-refractivity contribution in [3.63, 3.8) is 0 Å². The quantitative estimate of drug-likeness (QED) is 0.781. The number of halogens is 2. The van der Waals surface area contributed by atoms with Crippen molar-refractivity contribution in [1.29, 1.82) is 0 Å². The van der Waals surface area contributed by atoms with E-state index in [4.69, 9.17) is 4.74 Å². The van der Waals surface area contributed by atoms with Gasteiger partial charge in [0.25, 0.3) is 0 Å². The van der Waals surface area contributed by atoms with Gasteiger partial charge in [-0.2, -0.15) is 0 Å². The van der Waals surface area contributed by atoms with Crippen LogP contribution < -0.4 is 5.32 Å². The van der Waals surface area contributed by atoms with Gasteiger partial charge in [0.15, 0.2) is 0 Å². The van der Waals surface area contributed by atoms with E-state index in [1.165, 1.54) is 0 Å².